The number of aromatic nitrogens is 2. The number of methoxy groups -OCH3 is 1. The Labute approximate surface area is 75.1 Å². The molecule has 0 saturated heterocycles. The first-order chi connectivity index (χ1) is 6.35. The number of anilines is 1. The van der Waals surface area contributed by atoms with Gasteiger partial charge in [-0.05, 0) is 6.07 Å². The Kier molecular flexibility index (Phi) is 1.79. The topological polar surface area (TPSA) is 64.6 Å². The average Bonchev–Trinajstić information content (AvgIpc) is 2.59. The molecule has 0 aromatic carbocycles. The number of pyridine rings is 1. The molecule has 0 spiro atoms. The molecule has 0 fully saturated rings. The standard InChI is InChI=1S/C8H10N4O/c1-13-6-2-3-12-7(4-6)10-5-8(12)11-9/h2-5,11H,9H2,1H3. The smallest absolute Gasteiger partial charge is 0.144 e. The second kappa shape index (κ2) is 2.95. The number of nitrogens with two attached hydrogens (primary N) is 1. The molecule has 0 radical (unpaired) electrons. The van der Waals surface area contributed by atoms with Crippen LogP contribution in [0, 0.1) is 0 Å². The number of fused-ring (bicyclic) bond motifs is 1. The Morgan fingerprint density at radius 3 is 3.15 bits per heavy atom. The second-order valence-electron chi connectivity index (χ2n) is 2.58. The average molecular weight is 178 g/mol. The molecule has 68 valence electrons. The summed E-state index contributed by atoms with van der Waals surface area (Å²) in [5.74, 6) is 6.82. The van der Waals surface area contributed by atoms with E-state index in [1.165, 1.54) is 0 Å². The third-order valence-corrected chi connectivity index (χ3v) is 1.87. The van der Waals surface area contributed by atoms with Crippen molar-refractivity contribution in [3.8, 4) is 5.75 Å². The maximum absolute atomic E-state index is 5.29. The Morgan fingerprint density at radius 2 is 2.46 bits per heavy atom. The van der Waals surface area contributed by atoms with Gasteiger partial charge in [0.25, 0.3) is 0 Å². The summed E-state index contributed by atoms with van der Waals surface area (Å²) in [5, 5.41) is 0. The summed E-state index contributed by atoms with van der Waals surface area (Å²) >= 11 is 0. The van der Waals surface area contributed by atoms with Crippen molar-refractivity contribution < 1.29 is 4.74 Å². The highest BCUT2D eigenvalue weighted by Gasteiger charge is 2.01. The van der Waals surface area contributed by atoms with Crippen molar-refractivity contribution in [2.45, 2.75) is 0 Å². The lowest BCUT2D eigenvalue weighted by Gasteiger charge is -2.01. The van der Waals surface area contributed by atoms with Crippen LogP contribution in [0.4, 0.5) is 5.82 Å². The van der Waals surface area contributed by atoms with E-state index in [0.29, 0.717) is 0 Å². The molecule has 0 aliphatic rings. The van der Waals surface area contributed by atoms with E-state index < -0.39 is 0 Å². The van der Waals surface area contributed by atoms with Crippen molar-refractivity contribution in [3.05, 3.63) is 24.5 Å². The van der Waals surface area contributed by atoms with Crippen LogP contribution in [0.15, 0.2) is 24.5 Å². The molecule has 0 unspecified atom stereocenters. The van der Waals surface area contributed by atoms with Crippen LogP contribution in [0.25, 0.3) is 5.65 Å². The van der Waals surface area contributed by atoms with Crippen LogP contribution in [0.5, 0.6) is 5.75 Å². The second-order valence-corrected chi connectivity index (χ2v) is 2.58. The normalized spacial score (nSPS) is 10.3. The summed E-state index contributed by atoms with van der Waals surface area (Å²) in [5.41, 5.74) is 3.35. The van der Waals surface area contributed by atoms with E-state index in [9.17, 15) is 0 Å². The Morgan fingerprint density at radius 1 is 1.62 bits per heavy atom. The quantitative estimate of drug-likeness (QED) is 0.523. The molecule has 2 rings (SSSR count). The number of nitrogens with zero attached hydrogens (tertiary/aromatic N) is 2. The summed E-state index contributed by atoms with van der Waals surface area (Å²) in [6.07, 6.45) is 3.51. The highest BCUT2D eigenvalue weighted by Crippen LogP contribution is 2.16. The molecule has 0 saturated carbocycles. The van der Waals surface area contributed by atoms with E-state index in [1.807, 2.05) is 22.7 Å². The third kappa shape index (κ3) is 1.19. The SMILES string of the molecule is COc1ccn2c(NN)cnc2c1. The van der Waals surface area contributed by atoms with E-state index in [2.05, 4.69) is 10.4 Å². The predicted molar refractivity (Wildman–Crippen MR) is 49.6 cm³/mol. The summed E-state index contributed by atoms with van der Waals surface area (Å²) in [6, 6.07) is 3.68. The molecule has 3 N–H and O–H groups in total. The number of nitrogen functional groups attached to an aromatic ring is 1. The van der Waals surface area contributed by atoms with Crippen LogP contribution < -0.4 is 16.0 Å². The third-order valence-electron chi connectivity index (χ3n) is 1.87. The fraction of sp³-hybridized carbons (Fsp3) is 0.125. The van der Waals surface area contributed by atoms with Gasteiger partial charge in [-0.25, -0.2) is 10.8 Å². The predicted octanol–water partition coefficient (Wildman–Crippen LogP) is 0.628. The number of ether oxygens (including phenoxy) is 1. The molecule has 13 heavy (non-hydrogen) atoms. The highest BCUT2D eigenvalue weighted by atomic mass is 16.5. The molecule has 2 aromatic heterocycles. The van der Waals surface area contributed by atoms with Crippen LogP contribution >= 0.6 is 0 Å². The molecule has 0 aliphatic carbocycles. The summed E-state index contributed by atoms with van der Waals surface area (Å²) < 4.78 is 6.90. The first kappa shape index (κ1) is 7.88. The van der Waals surface area contributed by atoms with Gasteiger partial charge < -0.3 is 10.2 Å². The highest BCUT2D eigenvalue weighted by molar-refractivity contribution is 5.52. The Hall–Kier alpha value is -1.75. The fourth-order valence-corrected chi connectivity index (χ4v) is 1.20. The van der Waals surface area contributed by atoms with Gasteiger partial charge in [0.2, 0.25) is 0 Å². The molecule has 2 heterocycles. The molecule has 0 aliphatic heterocycles. The van der Waals surface area contributed by atoms with E-state index in [0.717, 1.165) is 17.2 Å². The number of imidazole rings is 1. The lowest BCUT2D eigenvalue weighted by atomic mass is 10.4. The lowest BCUT2D eigenvalue weighted by Crippen LogP contribution is -2.08. The van der Waals surface area contributed by atoms with Crippen molar-refractivity contribution in [1.29, 1.82) is 0 Å². The van der Waals surface area contributed by atoms with Gasteiger partial charge in [-0.15, -0.1) is 0 Å². The van der Waals surface area contributed by atoms with Gasteiger partial charge in [0.1, 0.15) is 17.2 Å². The van der Waals surface area contributed by atoms with Crippen LogP contribution in [0.1, 0.15) is 0 Å². The number of hydrogen-bond donors (Lipinski definition) is 2. The number of hydrogen-bond acceptors (Lipinski definition) is 4. The maximum Gasteiger partial charge on any atom is 0.144 e. The summed E-state index contributed by atoms with van der Waals surface area (Å²) in [7, 11) is 1.62. The van der Waals surface area contributed by atoms with Crippen LogP contribution in [0.3, 0.4) is 0 Å². The van der Waals surface area contributed by atoms with Crippen molar-refractivity contribution in [2.24, 2.45) is 5.84 Å². The maximum atomic E-state index is 5.29. The van der Waals surface area contributed by atoms with Crippen molar-refractivity contribution in [1.82, 2.24) is 9.38 Å². The molecular weight excluding hydrogens is 168 g/mol. The Balaban J connectivity index is 2.61. The van der Waals surface area contributed by atoms with Crippen LogP contribution in [0.2, 0.25) is 0 Å². The number of nitrogens with one attached hydrogen (secondary N) is 1. The monoisotopic (exact) mass is 178 g/mol. The number of hydrazine groups is 1. The van der Waals surface area contributed by atoms with Crippen molar-refractivity contribution in [2.75, 3.05) is 12.5 Å². The largest absolute Gasteiger partial charge is 0.497 e. The van der Waals surface area contributed by atoms with Crippen molar-refractivity contribution in [3.63, 3.8) is 0 Å². The van der Waals surface area contributed by atoms with E-state index >= 15 is 0 Å². The van der Waals surface area contributed by atoms with Gasteiger partial charge in [-0.1, -0.05) is 0 Å². The molecule has 2 aromatic rings. The van der Waals surface area contributed by atoms with Gasteiger partial charge >= 0.3 is 0 Å². The molecular formula is C8H10N4O. The summed E-state index contributed by atoms with van der Waals surface area (Å²) in [6.45, 7) is 0. The Bertz CT molecular complexity index is 423. The molecule has 0 atom stereocenters. The minimum Gasteiger partial charge on any atom is -0.497 e. The van der Waals surface area contributed by atoms with Gasteiger partial charge in [0.15, 0.2) is 0 Å². The minimum atomic E-state index is 0.748. The van der Waals surface area contributed by atoms with Gasteiger partial charge in [0.05, 0.1) is 13.3 Å². The van der Waals surface area contributed by atoms with Gasteiger partial charge in [-0.3, -0.25) is 4.40 Å². The first-order valence-electron chi connectivity index (χ1n) is 3.83. The van der Waals surface area contributed by atoms with Crippen LogP contribution in [-0.2, 0) is 0 Å². The minimum absolute atomic E-state index is 0.748. The molecule has 0 amide bonds. The zero-order valence-electron chi connectivity index (χ0n) is 7.19. The van der Waals surface area contributed by atoms with E-state index in [1.54, 1.807) is 13.3 Å². The molecule has 5 heteroatoms. The first-order valence-corrected chi connectivity index (χ1v) is 3.83. The van der Waals surface area contributed by atoms with Crippen molar-refractivity contribution >= 4 is 11.5 Å². The zero-order chi connectivity index (χ0) is 9.26. The zero-order valence-corrected chi connectivity index (χ0v) is 7.19. The van der Waals surface area contributed by atoms with Gasteiger partial charge in [-0.2, -0.15) is 0 Å². The molecule has 0 bridgehead atoms. The van der Waals surface area contributed by atoms with Crippen LogP contribution in [-0.4, -0.2) is 16.5 Å². The fourth-order valence-electron chi connectivity index (χ4n) is 1.20. The summed E-state index contributed by atoms with van der Waals surface area (Å²) in [4.78, 5) is 4.14. The van der Waals surface area contributed by atoms with E-state index in [-0.39, 0.29) is 0 Å². The van der Waals surface area contributed by atoms with E-state index in [4.69, 9.17) is 10.6 Å². The molecule has 5 nitrogen and oxygen atoms in total. The van der Waals surface area contributed by atoms with Gasteiger partial charge in [0, 0.05) is 12.3 Å². The lowest BCUT2D eigenvalue weighted by molar-refractivity contribution is 0.414. The number of rotatable bonds is 2.